The van der Waals surface area contributed by atoms with Crippen LogP contribution in [0.4, 0.5) is 5.69 Å². The molecule has 1 aromatic carbocycles. The van der Waals surface area contributed by atoms with Crippen LogP contribution in [-0.2, 0) is 0 Å². The van der Waals surface area contributed by atoms with Crippen LogP contribution in [0.25, 0.3) is 0 Å². The van der Waals surface area contributed by atoms with Crippen molar-refractivity contribution < 1.29 is 9.59 Å². The van der Waals surface area contributed by atoms with E-state index in [1.54, 1.807) is 23.1 Å². The van der Waals surface area contributed by atoms with Gasteiger partial charge in [0, 0.05) is 11.7 Å². The first-order valence-electron chi connectivity index (χ1n) is 7.44. The zero-order chi connectivity index (χ0) is 13.6. The van der Waals surface area contributed by atoms with Gasteiger partial charge in [0.1, 0.15) is 0 Å². The average molecular weight is 268 g/mol. The lowest BCUT2D eigenvalue weighted by atomic mass is 10.0. The number of amides is 2. The van der Waals surface area contributed by atoms with Crippen LogP contribution < -0.4 is 5.73 Å². The molecule has 0 saturated heterocycles. The van der Waals surface area contributed by atoms with E-state index in [4.69, 9.17) is 5.73 Å². The highest BCUT2D eigenvalue weighted by atomic mass is 16.2. The fourth-order valence-electron chi connectivity index (χ4n) is 5.17. The molecule has 1 heterocycles. The highest BCUT2D eigenvalue weighted by molar-refractivity contribution is 6.22. The molecule has 3 aliphatic carbocycles. The molecular weight excluding hydrogens is 252 g/mol. The van der Waals surface area contributed by atoms with Crippen LogP contribution in [0.15, 0.2) is 18.2 Å². The number of benzene rings is 1. The second-order valence-corrected chi connectivity index (χ2v) is 6.76. The Bertz CT molecular complexity index is 652. The minimum atomic E-state index is -0.129. The zero-order valence-corrected chi connectivity index (χ0v) is 11.1. The van der Waals surface area contributed by atoms with Crippen molar-refractivity contribution in [3.05, 3.63) is 29.3 Å². The number of hydrogen-bond acceptors (Lipinski definition) is 3. The van der Waals surface area contributed by atoms with Crippen LogP contribution in [-0.4, -0.2) is 22.8 Å². The summed E-state index contributed by atoms with van der Waals surface area (Å²) in [6.45, 7) is 0. The lowest BCUT2D eigenvalue weighted by Crippen LogP contribution is -2.35. The van der Waals surface area contributed by atoms with Crippen molar-refractivity contribution in [2.45, 2.75) is 25.3 Å². The van der Waals surface area contributed by atoms with Gasteiger partial charge in [0.2, 0.25) is 0 Å². The Morgan fingerprint density at radius 2 is 1.65 bits per heavy atom. The lowest BCUT2D eigenvalue weighted by Gasteiger charge is -2.18. The summed E-state index contributed by atoms with van der Waals surface area (Å²) in [5.41, 5.74) is 7.31. The Balaban J connectivity index is 1.53. The smallest absolute Gasteiger partial charge is 0.261 e. The van der Waals surface area contributed by atoms with Crippen LogP contribution in [0.1, 0.15) is 40.0 Å². The normalized spacial score (nSPS) is 40.2. The Kier molecular flexibility index (Phi) is 1.77. The van der Waals surface area contributed by atoms with Gasteiger partial charge in [-0.2, -0.15) is 0 Å². The third-order valence-corrected chi connectivity index (χ3v) is 5.93. The van der Waals surface area contributed by atoms with Gasteiger partial charge in [-0.25, -0.2) is 0 Å². The van der Waals surface area contributed by atoms with Crippen LogP contribution in [0.3, 0.4) is 0 Å². The van der Waals surface area contributed by atoms with Crippen LogP contribution in [0.2, 0.25) is 0 Å². The number of nitrogens with zero attached hydrogens (tertiary/aromatic N) is 1. The molecule has 5 rings (SSSR count). The SMILES string of the molecule is Nc1ccc2c(c1)C(=O)N(C1C3C4CCC(C4)C31)C2=O. The summed E-state index contributed by atoms with van der Waals surface area (Å²) < 4.78 is 0. The van der Waals surface area contributed by atoms with Gasteiger partial charge in [0.25, 0.3) is 11.8 Å². The number of fused-ring (bicyclic) bond motifs is 6. The second-order valence-electron chi connectivity index (χ2n) is 6.76. The molecule has 0 aromatic heterocycles. The molecule has 20 heavy (non-hydrogen) atoms. The molecule has 4 aliphatic rings. The van der Waals surface area contributed by atoms with Crippen LogP contribution in [0.5, 0.6) is 0 Å². The molecule has 1 aromatic rings. The van der Waals surface area contributed by atoms with E-state index in [0.29, 0.717) is 28.7 Å². The maximum absolute atomic E-state index is 12.6. The second kappa shape index (κ2) is 3.25. The monoisotopic (exact) mass is 268 g/mol. The van der Waals surface area contributed by atoms with Gasteiger partial charge in [-0.05, 0) is 61.1 Å². The highest BCUT2D eigenvalue weighted by Crippen LogP contribution is 2.67. The summed E-state index contributed by atoms with van der Waals surface area (Å²) in [6.07, 6.45) is 3.90. The van der Waals surface area contributed by atoms with Crippen LogP contribution >= 0.6 is 0 Å². The van der Waals surface area contributed by atoms with Gasteiger partial charge in [0.15, 0.2) is 0 Å². The summed E-state index contributed by atoms with van der Waals surface area (Å²) in [6, 6.07) is 5.21. The molecule has 3 fully saturated rings. The number of carbonyl (C=O) groups excluding carboxylic acids is 2. The largest absolute Gasteiger partial charge is 0.399 e. The van der Waals surface area contributed by atoms with E-state index < -0.39 is 0 Å². The van der Waals surface area contributed by atoms with Gasteiger partial charge < -0.3 is 5.73 Å². The molecule has 0 radical (unpaired) electrons. The fourth-order valence-corrected chi connectivity index (χ4v) is 5.17. The van der Waals surface area contributed by atoms with Gasteiger partial charge >= 0.3 is 0 Å². The summed E-state index contributed by atoms with van der Waals surface area (Å²) in [5, 5.41) is 0. The van der Waals surface area contributed by atoms with Crippen LogP contribution in [0, 0.1) is 23.7 Å². The van der Waals surface area contributed by atoms with E-state index in [-0.39, 0.29) is 17.9 Å². The van der Waals surface area contributed by atoms with Gasteiger partial charge in [-0.15, -0.1) is 0 Å². The average Bonchev–Trinajstić information content (AvgIpc) is 2.77. The maximum Gasteiger partial charge on any atom is 0.261 e. The molecule has 0 spiro atoms. The topological polar surface area (TPSA) is 63.4 Å². The summed E-state index contributed by atoms with van der Waals surface area (Å²) in [4.78, 5) is 26.6. The van der Waals surface area contributed by atoms with E-state index >= 15 is 0 Å². The van der Waals surface area contributed by atoms with E-state index in [1.807, 2.05) is 0 Å². The molecule has 2 bridgehead atoms. The number of hydrogen-bond donors (Lipinski definition) is 1. The lowest BCUT2D eigenvalue weighted by molar-refractivity contribution is 0.0615. The molecule has 4 unspecified atom stereocenters. The molecule has 4 nitrogen and oxygen atoms in total. The quantitative estimate of drug-likeness (QED) is 0.625. The molecule has 3 saturated carbocycles. The Hall–Kier alpha value is -1.84. The molecule has 4 heteroatoms. The number of carbonyl (C=O) groups is 2. The molecule has 2 amide bonds. The summed E-state index contributed by atoms with van der Waals surface area (Å²) in [7, 11) is 0. The van der Waals surface area contributed by atoms with Gasteiger partial charge in [-0.1, -0.05) is 0 Å². The number of anilines is 1. The first-order valence-corrected chi connectivity index (χ1v) is 7.44. The maximum atomic E-state index is 12.6. The predicted molar refractivity (Wildman–Crippen MR) is 73.0 cm³/mol. The molecule has 1 aliphatic heterocycles. The van der Waals surface area contributed by atoms with Crippen molar-refractivity contribution in [1.82, 2.24) is 4.90 Å². The van der Waals surface area contributed by atoms with Crippen molar-refractivity contribution in [3.8, 4) is 0 Å². The van der Waals surface area contributed by atoms with Gasteiger partial charge in [-0.3, -0.25) is 14.5 Å². The van der Waals surface area contributed by atoms with Crippen molar-refractivity contribution in [2.75, 3.05) is 5.73 Å². The van der Waals surface area contributed by atoms with Crippen molar-refractivity contribution >= 4 is 17.5 Å². The van der Waals surface area contributed by atoms with Crippen molar-refractivity contribution in [3.63, 3.8) is 0 Å². The van der Waals surface area contributed by atoms with E-state index in [1.165, 1.54) is 19.3 Å². The molecule has 4 atom stereocenters. The third-order valence-electron chi connectivity index (χ3n) is 5.93. The number of rotatable bonds is 1. The first kappa shape index (κ1) is 10.9. The molecule has 2 N–H and O–H groups in total. The zero-order valence-electron chi connectivity index (χ0n) is 11.1. The standard InChI is InChI=1S/C16H16N2O2/c17-9-3-4-10-11(6-9)16(20)18(15(10)19)14-12-7-1-2-8(5-7)13(12)14/h3-4,6-8,12-14H,1-2,5,17H2. The Morgan fingerprint density at radius 1 is 1.00 bits per heavy atom. The first-order chi connectivity index (χ1) is 9.66. The molecule has 102 valence electrons. The summed E-state index contributed by atoms with van der Waals surface area (Å²) >= 11 is 0. The Morgan fingerprint density at radius 3 is 2.35 bits per heavy atom. The van der Waals surface area contributed by atoms with Crippen molar-refractivity contribution in [2.24, 2.45) is 23.7 Å². The minimum Gasteiger partial charge on any atom is -0.399 e. The minimum absolute atomic E-state index is 0.108. The Labute approximate surface area is 116 Å². The third kappa shape index (κ3) is 1.10. The number of imide groups is 1. The highest BCUT2D eigenvalue weighted by Gasteiger charge is 2.69. The van der Waals surface area contributed by atoms with E-state index in [9.17, 15) is 9.59 Å². The van der Waals surface area contributed by atoms with E-state index in [2.05, 4.69) is 0 Å². The number of nitrogens with two attached hydrogens (primary N) is 1. The predicted octanol–water partition coefficient (Wildman–Crippen LogP) is 1.91. The van der Waals surface area contributed by atoms with E-state index in [0.717, 1.165) is 11.8 Å². The van der Waals surface area contributed by atoms with Crippen molar-refractivity contribution in [1.29, 1.82) is 0 Å². The van der Waals surface area contributed by atoms with Gasteiger partial charge in [0.05, 0.1) is 11.1 Å². The molecular formula is C16H16N2O2. The number of nitrogen functional groups attached to an aromatic ring is 1. The summed E-state index contributed by atoms with van der Waals surface area (Å²) in [5.74, 6) is 2.45. The fraction of sp³-hybridized carbons (Fsp3) is 0.500.